The number of nitrogens with zero attached hydrogens (tertiary/aromatic N) is 6. The molecule has 5 rings (SSSR count). The smallest absolute Gasteiger partial charge is 0.248 e. The second-order valence-electron chi connectivity index (χ2n) is 9.38. The van der Waals surface area contributed by atoms with Gasteiger partial charge in [-0.2, -0.15) is 5.10 Å². The number of nitrogens with one attached hydrogen (secondary N) is 1. The standard InChI is InChI=1S/C27H25BrFN7O4.CH4/c1-14(37)26-19-8-18(16-10-30-15(2)31-11-16)22(40-3)9-20(19)36(34-26)13-25(38)35-12-17(29)7-21(35)27(39)33-24-6-4-5-23(28)32-24;/h4-6,8-11,17,21H,7,12-13H2,1-3H3,(H,32,33,39);1H4/t17-,21+;/m1./s1. The number of hydrogen-bond acceptors (Lipinski definition) is 8. The van der Waals surface area contributed by atoms with Crippen LogP contribution in [0.1, 0.15) is 37.1 Å². The molecule has 1 aliphatic heterocycles. The van der Waals surface area contributed by atoms with Crippen LogP contribution in [0.15, 0.2) is 47.3 Å². The lowest BCUT2D eigenvalue weighted by molar-refractivity contribution is -0.137. The highest BCUT2D eigenvalue weighted by atomic mass is 79.9. The van der Waals surface area contributed by atoms with Gasteiger partial charge in [0.15, 0.2) is 5.78 Å². The van der Waals surface area contributed by atoms with Gasteiger partial charge < -0.3 is 15.0 Å². The van der Waals surface area contributed by atoms with Gasteiger partial charge in [0.05, 0.1) is 19.2 Å². The minimum atomic E-state index is -1.36. The van der Waals surface area contributed by atoms with E-state index >= 15 is 0 Å². The molecule has 11 nitrogen and oxygen atoms in total. The topological polar surface area (TPSA) is 132 Å². The molecule has 0 radical (unpaired) electrons. The van der Waals surface area contributed by atoms with Crippen LogP contribution in [0.5, 0.6) is 5.75 Å². The molecule has 0 aliphatic carbocycles. The molecule has 1 saturated heterocycles. The van der Waals surface area contributed by atoms with Gasteiger partial charge in [-0.1, -0.05) is 13.5 Å². The van der Waals surface area contributed by atoms with Crippen LogP contribution in [0.25, 0.3) is 22.0 Å². The van der Waals surface area contributed by atoms with Crippen molar-refractivity contribution in [2.24, 2.45) is 0 Å². The number of carbonyl (C=O) groups is 3. The summed E-state index contributed by atoms with van der Waals surface area (Å²) in [4.78, 5) is 52.8. The number of ketones is 1. The Bertz CT molecular complexity index is 1630. The summed E-state index contributed by atoms with van der Waals surface area (Å²) in [7, 11) is 1.51. The first-order chi connectivity index (χ1) is 19.1. The van der Waals surface area contributed by atoms with Gasteiger partial charge in [0, 0.05) is 48.3 Å². The minimum Gasteiger partial charge on any atom is -0.496 e. The number of methoxy groups -OCH3 is 1. The van der Waals surface area contributed by atoms with Gasteiger partial charge in [-0.15, -0.1) is 0 Å². The van der Waals surface area contributed by atoms with E-state index in [-0.39, 0.29) is 44.2 Å². The van der Waals surface area contributed by atoms with Crippen molar-refractivity contribution in [1.82, 2.24) is 29.6 Å². The van der Waals surface area contributed by atoms with E-state index < -0.39 is 24.0 Å². The van der Waals surface area contributed by atoms with Crippen molar-refractivity contribution in [2.75, 3.05) is 19.0 Å². The molecule has 2 atom stereocenters. The molecule has 3 aromatic heterocycles. The van der Waals surface area contributed by atoms with E-state index in [4.69, 9.17) is 4.74 Å². The summed E-state index contributed by atoms with van der Waals surface area (Å²) in [5.41, 5.74) is 1.98. The maximum Gasteiger partial charge on any atom is 0.248 e. The predicted octanol–water partition coefficient (Wildman–Crippen LogP) is 4.38. The van der Waals surface area contributed by atoms with E-state index in [1.54, 1.807) is 49.6 Å². The lowest BCUT2D eigenvalue weighted by Gasteiger charge is -2.23. The molecular formula is C28H29BrFN7O4. The van der Waals surface area contributed by atoms with E-state index in [0.717, 1.165) is 0 Å². The van der Waals surface area contributed by atoms with E-state index in [0.29, 0.717) is 38.2 Å². The number of aromatic nitrogens is 5. The van der Waals surface area contributed by atoms with Gasteiger partial charge in [-0.3, -0.25) is 19.1 Å². The zero-order valence-electron chi connectivity index (χ0n) is 21.9. The van der Waals surface area contributed by atoms with E-state index in [1.165, 1.54) is 23.6 Å². The summed E-state index contributed by atoms with van der Waals surface area (Å²) in [5, 5.41) is 7.57. The van der Waals surface area contributed by atoms with Crippen LogP contribution in [0, 0.1) is 6.92 Å². The zero-order chi connectivity index (χ0) is 28.6. The van der Waals surface area contributed by atoms with E-state index in [2.05, 4.69) is 41.3 Å². The fourth-order valence-corrected chi connectivity index (χ4v) is 5.07. The maximum atomic E-state index is 14.5. The molecule has 4 heterocycles. The number of rotatable bonds is 7. The normalized spacial score (nSPS) is 16.4. The number of aryl methyl sites for hydroxylation is 1. The molecule has 1 aliphatic rings. The second-order valence-corrected chi connectivity index (χ2v) is 10.2. The number of carbonyl (C=O) groups excluding carboxylic acids is 3. The number of pyridine rings is 1. The highest BCUT2D eigenvalue weighted by Gasteiger charge is 2.40. The van der Waals surface area contributed by atoms with Crippen molar-refractivity contribution in [3.05, 3.63) is 58.8 Å². The molecule has 214 valence electrons. The Balaban J connectivity index is 0.00000387. The third-order valence-electron chi connectivity index (χ3n) is 6.62. The van der Waals surface area contributed by atoms with Crippen LogP contribution in [0.4, 0.5) is 10.2 Å². The Morgan fingerprint density at radius 1 is 1.20 bits per heavy atom. The van der Waals surface area contributed by atoms with Gasteiger partial charge >= 0.3 is 0 Å². The van der Waals surface area contributed by atoms with Crippen LogP contribution in [0.3, 0.4) is 0 Å². The second kappa shape index (κ2) is 12.1. The Morgan fingerprint density at radius 3 is 2.59 bits per heavy atom. The molecule has 0 unspecified atom stereocenters. The monoisotopic (exact) mass is 625 g/mol. The summed E-state index contributed by atoms with van der Waals surface area (Å²) in [5.74, 6) is -0.00174. The number of halogens is 2. The molecule has 1 N–H and O–H groups in total. The average Bonchev–Trinajstić information content (AvgIpc) is 3.49. The SMILES string of the molecule is C.COc1cc2c(cc1-c1cnc(C)nc1)c(C(C)=O)nn2CC(=O)N1C[C@H](F)C[C@H]1C(=O)Nc1cccc(Br)n1. The number of benzene rings is 1. The van der Waals surface area contributed by atoms with Gasteiger partial charge in [-0.25, -0.2) is 19.3 Å². The van der Waals surface area contributed by atoms with E-state index in [9.17, 15) is 18.8 Å². The first-order valence-corrected chi connectivity index (χ1v) is 13.2. The fourth-order valence-electron chi connectivity index (χ4n) is 4.72. The summed E-state index contributed by atoms with van der Waals surface area (Å²) in [6, 6.07) is 7.41. The van der Waals surface area contributed by atoms with Crippen molar-refractivity contribution < 1.29 is 23.5 Å². The molecule has 1 aromatic carbocycles. The molecule has 4 aromatic rings. The molecule has 0 saturated carbocycles. The molecule has 41 heavy (non-hydrogen) atoms. The quantitative estimate of drug-likeness (QED) is 0.236. The van der Waals surface area contributed by atoms with Crippen LogP contribution in [0.2, 0.25) is 0 Å². The molecule has 1 fully saturated rings. The first-order valence-electron chi connectivity index (χ1n) is 12.4. The van der Waals surface area contributed by atoms with Crippen molar-refractivity contribution >= 4 is 50.2 Å². The summed E-state index contributed by atoms with van der Waals surface area (Å²) in [6.45, 7) is 2.61. The number of likely N-dealkylation sites (tertiary alicyclic amines) is 1. The molecule has 2 amide bonds. The number of ether oxygens (including phenoxy) is 1. The Morgan fingerprint density at radius 2 is 1.93 bits per heavy atom. The van der Waals surface area contributed by atoms with Crippen LogP contribution in [-0.4, -0.2) is 73.1 Å². The van der Waals surface area contributed by atoms with Gasteiger partial charge in [0.25, 0.3) is 0 Å². The fraction of sp³-hybridized carbons (Fsp3) is 0.321. The average molecular weight is 626 g/mol. The summed E-state index contributed by atoms with van der Waals surface area (Å²) >= 11 is 3.24. The van der Waals surface area contributed by atoms with E-state index in [1.807, 2.05) is 0 Å². The molecule has 0 spiro atoms. The van der Waals surface area contributed by atoms with Gasteiger partial charge in [-0.05, 0) is 41.1 Å². The van der Waals surface area contributed by atoms with Gasteiger partial charge in [0.2, 0.25) is 11.8 Å². The summed E-state index contributed by atoms with van der Waals surface area (Å²) < 4.78 is 22.0. The number of Topliss-reactive ketones (excluding diaryl/α,β-unsaturated/α-hetero) is 1. The third kappa shape index (κ3) is 6.09. The number of fused-ring (bicyclic) bond motifs is 1. The minimum absolute atomic E-state index is 0. The third-order valence-corrected chi connectivity index (χ3v) is 7.06. The van der Waals surface area contributed by atoms with Crippen LogP contribution < -0.4 is 10.1 Å². The lowest BCUT2D eigenvalue weighted by Crippen LogP contribution is -2.44. The Hall–Kier alpha value is -4.26. The molecular weight excluding hydrogens is 597 g/mol. The molecule has 13 heteroatoms. The van der Waals surface area contributed by atoms with Gasteiger partial charge in [0.1, 0.15) is 46.4 Å². The number of hydrogen-bond donors (Lipinski definition) is 1. The Kier molecular flexibility index (Phi) is 8.76. The van der Waals surface area contributed by atoms with Crippen LogP contribution >= 0.6 is 15.9 Å². The zero-order valence-corrected chi connectivity index (χ0v) is 23.5. The number of amides is 2. The highest BCUT2D eigenvalue weighted by Crippen LogP contribution is 2.35. The predicted molar refractivity (Wildman–Crippen MR) is 154 cm³/mol. The lowest BCUT2D eigenvalue weighted by atomic mass is 10.0. The first kappa shape index (κ1) is 29.7. The van der Waals surface area contributed by atoms with Crippen molar-refractivity contribution in [1.29, 1.82) is 0 Å². The number of anilines is 1. The van der Waals surface area contributed by atoms with Crippen molar-refractivity contribution in [3.8, 4) is 16.9 Å². The summed E-state index contributed by atoms with van der Waals surface area (Å²) in [6.07, 6.45) is 1.81. The van der Waals surface area contributed by atoms with Crippen molar-refractivity contribution in [3.63, 3.8) is 0 Å². The van der Waals surface area contributed by atoms with Crippen LogP contribution in [-0.2, 0) is 16.1 Å². The molecule has 0 bridgehead atoms. The Labute approximate surface area is 244 Å². The maximum absolute atomic E-state index is 14.5. The largest absolute Gasteiger partial charge is 0.496 e. The number of alkyl halides is 1. The van der Waals surface area contributed by atoms with Crippen molar-refractivity contribution in [2.45, 2.75) is 46.5 Å². The highest BCUT2D eigenvalue weighted by molar-refractivity contribution is 9.10.